The minimum absolute atomic E-state index is 0.0943. The molecule has 3 rings (SSSR count). The second-order valence-corrected chi connectivity index (χ2v) is 4.50. The first-order valence-electron chi connectivity index (χ1n) is 6.13. The molecule has 0 saturated carbocycles. The van der Waals surface area contributed by atoms with E-state index >= 15 is 0 Å². The lowest BCUT2D eigenvalue weighted by atomic mass is 9.98. The molecule has 2 aromatic carbocycles. The molecule has 0 aliphatic heterocycles. The predicted octanol–water partition coefficient (Wildman–Crippen LogP) is 3.59. The second kappa shape index (κ2) is 4.98. The van der Waals surface area contributed by atoms with Gasteiger partial charge >= 0.3 is 0 Å². The highest BCUT2D eigenvalue weighted by atomic mass is 19.2. The van der Waals surface area contributed by atoms with Crippen LogP contribution < -0.4 is 0 Å². The number of hydrogen-bond donors (Lipinski definition) is 1. The maximum atomic E-state index is 13.8. The van der Waals surface area contributed by atoms with E-state index in [1.54, 1.807) is 6.20 Å². The number of pyridine rings is 1. The van der Waals surface area contributed by atoms with E-state index in [0.717, 1.165) is 16.8 Å². The Hall–Kier alpha value is -2.33. The standard InChI is InChI=1S/C16H11F2NO/c17-14-7-3-6-12(15(14)18)16(20)13-9-19-8-10-4-1-2-5-11(10)13/h1-9,16,20H. The van der Waals surface area contributed by atoms with E-state index in [2.05, 4.69) is 4.98 Å². The van der Waals surface area contributed by atoms with Crippen molar-refractivity contribution >= 4 is 10.8 Å². The monoisotopic (exact) mass is 271 g/mol. The van der Waals surface area contributed by atoms with Gasteiger partial charge in [0.25, 0.3) is 0 Å². The normalized spacial score (nSPS) is 12.6. The lowest BCUT2D eigenvalue weighted by Crippen LogP contribution is -2.05. The molecule has 0 radical (unpaired) electrons. The minimum Gasteiger partial charge on any atom is -0.383 e. The maximum Gasteiger partial charge on any atom is 0.164 e. The van der Waals surface area contributed by atoms with E-state index in [9.17, 15) is 13.9 Å². The number of aliphatic hydroxyl groups is 1. The largest absolute Gasteiger partial charge is 0.383 e. The number of rotatable bonds is 2. The first-order valence-corrected chi connectivity index (χ1v) is 6.13. The zero-order chi connectivity index (χ0) is 14.1. The molecule has 4 heteroatoms. The van der Waals surface area contributed by atoms with Gasteiger partial charge in [-0.25, -0.2) is 8.78 Å². The maximum absolute atomic E-state index is 13.8. The predicted molar refractivity (Wildman–Crippen MR) is 72.2 cm³/mol. The molecule has 3 aromatic rings. The quantitative estimate of drug-likeness (QED) is 0.772. The van der Waals surface area contributed by atoms with Gasteiger partial charge in [-0.15, -0.1) is 0 Å². The van der Waals surface area contributed by atoms with Crippen molar-refractivity contribution in [1.82, 2.24) is 4.98 Å². The molecule has 100 valence electrons. The zero-order valence-electron chi connectivity index (χ0n) is 10.4. The molecule has 0 aliphatic carbocycles. The first-order chi connectivity index (χ1) is 9.68. The van der Waals surface area contributed by atoms with Crippen LogP contribution in [0.1, 0.15) is 17.2 Å². The molecule has 0 spiro atoms. The average molecular weight is 271 g/mol. The van der Waals surface area contributed by atoms with Crippen molar-refractivity contribution in [1.29, 1.82) is 0 Å². The lowest BCUT2D eigenvalue weighted by molar-refractivity contribution is 0.214. The van der Waals surface area contributed by atoms with Gasteiger partial charge in [0.05, 0.1) is 0 Å². The highest BCUT2D eigenvalue weighted by molar-refractivity contribution is 5.85. The molecule has 1 atom stereocenters. The summed E-state index contributed by atoms with van der Waals surface area (Å²) in [4.78, 5) is 4.04. The first kappa shape index (κ1) is 12.7. The van der Waals surface area contributed by atoms with E-state index in [1.807, 2.05) is 24.3 Å². The van der Waals surface area contributed by atoms with Gasteiger partial charge in [-0.05, 0) is 11.5 Å². The summed E-state index contributed by atoms with van der Waals surface area (Å²) in [5, 5.41) is 11.9. The van der Waals surface area contributed by atoms with E-state index in [0.29, 0.717) is 5.56 Å². The Kier molecular flexibility index (Phi) is 3.16. The average Bonchev–Trinajstić information content (AvgIpc) is 2.49. The van der Waals surface area contributed by atoms with Crippen molar-refractivity contribution in [2.45, 2.75) is 6.10 Å². The highest BCUT2D eigenvalue weighted by Gasteiger charge is 2.19. The molecule has 0 saturated heterocycles. The summed E-state index contributed by atoms with van der Waals surface area (Å²) in [6.07, 6.45) is 1.87. The SMILES string of the molecule is OC(c1cccc(F)c1F)c1cncc2ccccc12. The molecule has 1 N–H and O–H groups in total. The summed E-state index contributed by atoms with van der Waals surface area (Å²) in [5.41, 5.74) is 0.357. The van der Waals surface area contributed by atoms with Gasteiger partial charge in [0, 0.05) is 28.9 Å². The van der Waals surface area contributed by atoms with E-state index in [1.165, 1.54) is 18.3 Å². The number of nitrogens with zero attached hydrogens (tertiary/aromatic N) is 1. The van der Waals surface area contributed by atoms with Crippen LogP contribution in [-0.2, 0) is 0 Å². The van der Waals surface area contributed by atoms with Gasteiger partial charge in [-0.2, -0.15) is 0 Å². The van der Waals surface area contributed by atoms with Crippen molar-refractivity contribution in [3.63, 3.8) is 0 Å². The van der Waals surface area contributed by atoms with Crippen molar-refractivity contribution in [3.05, 3.63) is 77.6 Å². The van der Waals surface area contributed by atoms with Crippen LogP contribution in [0.15, 0.2) is 54.9 Å². The third kappa shape index (κ3) is 2.04. The Morgan fingerprint density at radius 2 is 1.70 bits per heavy atom. The summed E-state index contributed by atoms with van der Waals surface area (Å²) < 4.78 is 27.0. The topological polar surface area (TPSA) is 33.1 Å². The van der Waals surface area contributed by atoms with Crippen LogP contribution in [0, 0.1) is 11.6 Å². The van der Waals surface area contributed by atoms with Crippen LogP contribution in [0.25, 0.3) is 10.8 Å². The Labute approximate surface area is 114 Å². The molecule has 1 aromatic heterocycles. The third-order valence-corrected chi connectivity index (χ3v) is 3.27. The number of halogens is 2. The van der Waals surface area contributed by atoms with Crippen LogP contribution in [0.2, 0.25) is 0 Å². The van der Waals surface area contributed by atoms with Crippen LogP contribution in [0.5, 0.6) is 0 Å². The van der Waals surface area contributed by atoms with Gasteiger partial charge in [0.15, 0.2) is 11.6 Å². The summed E-state index contributed by atoms with van der Waals surface area (Å²) in [7, 11) is 0. The minimum atomic E-state index is -1.26. The van der Waals surface area contributed by atoms with Crippen LogP contribution in [0.3, 0.4) is 0 Å². The molecule has 0 aliphatic rings. The molecular weight excluding hydrogens is 260 g/mol. The van der Waals surface area contributed by atoms with Gasteiger partial charge in [0.1, 0.15) is 6.10 Å². The molecule has 0 amide bonds. The number of hydrogen-bond acceptors (Lipinski definition) is 2. The van der Waals surface area contributed by atoms with Crippen molar-refractivity contribution in [2.75, 3.05) is 0 Å². The van der Waals surface area contributed by atoms with Gasteiger partial charge in [-0.3, -0.25) is 4.98 Å². The molecule has 2 nitrogen and oxygen atoms in total. The van der Waals surface area contributed by atoms with E-state index < -0.39 is 17.7 Å². The summed E-state index contributed by atoms with van der Waals surface area (Å²) in [6, 6.07) is 11.1. The Balaban J connectivity index is 2.18. The fraction of sp³-hybridized carbons (Fsp3) is 0.0625. The highest BCUT2D eigenvalue weighted by Crippen LogP contribution is 2.29. The summed E-state index contributed by atoms with van der Waals surface area (Å²) in [5.74, 6) is -2.01. The zero-order valence-corrected chi connectivity index (χ0v) is 10.4. The molecule has 1 unspecified atom stereocenters. The molecular formula is C16H11F2NO. The van der Waals surface area contributed by atoms with Crippen LogP contribution in [0.4, 0.5) is 8.78 Å². The van der Waals surface area contributed by atoms with Crippen LogP contribution >= 0.6 is 0 Å². The smallest absolute Gasteiger partial charge is 0.164 e. The van der Waals surface area contributed by atoms with E-state index in [4.69, 9.17) is 0 Å². The Morgan fingerprint density at radius 3 is 2.55 bits per heavy atom. The number of fused-ring (bicyclic) bond motifs is 1. The number of aliphatic hydroxyl groups excluding tert-OH is 1. The van der Waals surface area contributed by atoms with Gasteiger partial charge < -0.3 is 5.11 Å². The summed E-state index contributed by atoms with van der Waals surface area (Å²) >= 11 is 0. The fourth-order valence-electron chi connectivity index (χ4n) is 2.26. The molecule has 0 fully saturated rings. The number of aromatic nitrogens is 1. The Bertz CT molecular complexity index is 768. The van der Waals surface area contributed by atoms with Crippen LogP contribution in [-0.4, -0.2) is 10.1 Å². The van der Waals surface area contributed by atoms with Gasteiger partial charge in [-0.1, -0.05) is 36.4 Å². The van der Waals surface area contributed by atoms with Crippen molar-refractivity contribution in [2.24, 2.45) is 0 Å². The Morgan fingerprint density at radius 1 is 0.900 bits per heavy atom. The molecule has 1 heterocycles. The molecule has 0 bridgehead atoms. The van der Waals surface area contributed by atoms with Crippen molar-refractivity contribution in [3.8, 4) is 0 Å². The third-order valence-electron chi connectivity index (χ3n) is 3.27. The van der Waals surface area contributed by atoms with Gasteiger partial charge in [0.2, 0.25) is 0 Å². The summed E-state index contributed by atoms with van der Waals surface area (Å²) in [6.45, 7) is 0. The van der Waals surface area contributed by atoms with Crippen molar-refractivity contribution < 1.29 is 13.9 Å². The van der Waals surface area contributed by atoms with E-state index in [-0.39, 0.29) is 5.56 Å². The molecule has 20 heavy (non-hydrogen) atoms. The fourth-order valence-corrected chi connectivity index (χ4v) is 2.26. The number of benzene rings is 2. The lowest BCUT2D eigenvalue weighted by Gasteiger charge is -2.14. The second-order valence-electron chi connectivity index (χ2n) is 4.50.